The highest BCUT2D eigenvalue weighted by atomic mass is 32.2. The monoisotopic (exact) mass is 576 g/mol. The summed E-state index contributed by atoms with van der Waals surface area (Å²) in [7, 11) is -2.06. The molecule has 1 fully saturated rings. The number of methoxy groups -OCH3 is 1. The van der Waals surface area contributed by atoms with Gasteiger partial charge >= 0.3 is 0 Å². The zero-order valence-electron chi connectivity index (χ0n) is 21.9. The first-order valence-electron chi connectivity index (χ1n) is 12.5. The van der Waals surface area contributed by atoms with E-state index in [-0.39, 0.29) is 28.5 Å². The van der Waals surface area contributed by atoms with Gasteiger partial charge in [-0.15, -0.1) is 0 Å². The molecule has 10 nitrogen and oxygen atoms in total. The van der Waals surface area contributed by atoms with E-state index in [0.717, 1.165) is 22.5 Å². The van der Waals surface area contributed by atoms with Crippen molar-refractivity contribution >= 4 is 37.8 Å². The summed E-state index contributed by atoms with van der Waals surface area (Å²) in [6, 6.07) is 10.7. The Morgan fingerprint density at radius 1 is 1.18 bits per heavy atom. The lowest BCUT2D eigenvalue weighted by Crippen LogP contribution is -2.45. The average Bonchev–Trinajstić information content (AvgIpc) is 3.33. The molecule has 13 heteroatoms. The molecule has 4 aromatic rings. The number of nitrogens with zero attached hydrogens (tertiary/aromatic N) is 2. The van der Waals surface area contributed by atoms with Crippen LogP contribution in [0.4, 0.5) is 8.78 Å². The Morgan fingerprint density at radius 2 is 1.88 bits per heavy atom. The molecule has 214 valence electrons. The number of carbonyl (C=O) groups is 1. The number of benzene rings is 2. The number of rotatable bonds is 6. The molecule has 5 rings (SSSR count). The van der Waals surface area contributed by atoms with Crippen LogP contribution in [0.15, 0.2) is 48.7 Å². The van der Waals surface area contributed by atoms with Crippen LogP contribution < -0.4 is 10.1 Å². The zero-order valence-corrected chi connectivity index (χ0v) is 22.7. The van der Waals surface area contributed by atoms with Gasteiger partial charge in [-0.1, -0.05) is 0 Å². The standard InChI is InChI=1S/C26H26F2N4O3.CH4O3S/c1-35-17-2-3-22-19(12-17)18(4-7-29-22)25(33)14-32-8-5-16(6-9-32)30-26(34)24-13-20-21(28)10-15(27)11-23(20)31-24;1-5(2,3)4/h2-4,7,10-13,16,25,31,33H,5-6,8-9,14H2,1H3,(H,30,34);1H3,(H,2,3,4)/t25-;/m0./s1. The first-order chi connectivity index (χ1) is 18.9. The van der Waals surface area contributed by atoms with Crippen molar-refractivity contribution in [2.45, 2.75) is 25.0 Å². The lowest BCUT2D eigenvalue weighted by molar-refractivity contribution is 0.0828. The van der Waals surface area contributed by atoms with Crippen LogP contribution in [0.2, 0.25) is 0 Å². The predicted octanol–water partition coefficient (Wildman–Crippen LogP) is 3.43. The number of nitrogens with one attached hydrogen (secondary N) is 2. The number of ether oxygens (including phenoxy) is 1. The van der Waals surface area contributed by atoms with E-state index in [4.69, 9.17) is 9.29 Å². The fourth-order valence-corrected chi connectivity index (χ4v) is 4.71. The lowest BCUT2D eigenvalue weighted by atomic mass is 10.0. The van der Waals surface area contributed by atoms with Crippen molar-refractivity contribution in [2.24, 2.45) is 0 Å². The minimum absolute atomic E-state index is 0.0464. The van der Waals surface area contributed by atoms with Crippen molar-refractivity contribution in [3.05, 3.63) is 71.6 Å². The number of piperidine rings is 1. The van der Waals surface area contributed by atoms with Crippen LogP contribution in [0.25, 0.3) is 21.8 Å². The van der Waals surface area contributed by atoms with Crippen molar-refractivity contribution in [1.29, 1.82) is 0 Å². The molecule has 3 heterocycles. The third kappa shape index (κ3) is 7.50. The molecule has 2 aromatic carbocycles. The largest absolute Gasteiger partial charge is 0.497 e. The van der Waals surface area contributed by atoms with Crippen molar-refractivity contribution < 1.29 is 36.4 Å². The van der Waals surface area contributed by atoms with Crippen LogP contribution in [0, 0.1) is 11.6 Å². The van der Waals surface area contributed by atoms with Crippen molar-refractivity contribution in [3.63, 3.8) is 0 Å². The van der Waals surface area contributed by atoms with Gasteiger partial charge < -0.3 is 25.0 Å². The highest BCUT2D eigenvalue weighted by molar-refractivity contribution is 7.85. The van der Waals surface area contributed by atoms with Gasteiger partial charge in [-0.2, -0.15) is 8.42 Å². The number of fused-ring (bicyclic) bond motifs is 2. The maximum absolute atomic E-state index is 13.9. The molecule has 0 spiro atoms. The number of pyridine rings is 1. The van der Waals surface area contributed by atoms with E-state index in [9.17, 15) is 27.1 Å². The Balaban J connectivity index is 0.000000681. The molecule has 1 aliphatic heterocycles. The summed E-state index contributed by atoms with van der Waals surface area (Å²) in [5.74, 6) is -1.05. The number of β-amino-alcohol motifs (C(OH)–C–C–N with tert-alkyl or cyclic N) is 1. The van der Waals surface area contributed by atoms with Crippen LogP contribution in [0.5, 0.6) is 5.75 Å². The number of aliphatic hydroxyl groups is 1. The third-order valence-corrected chi connectivity index (χ3v) is 6.59. The molecule has 4 N–H and O–H groups in total. The number of H-pyrrole nitrogens is 1. The molecule has 2 aromatic heterocycles. The fraction of sp³-hybridized carbons (Fsp3) is 0.333. The normalized spacial score (nSPS) is 15.4. The molecule has 1 atom stereocenters. The van der Waals surface area contributed by atoms with Crippen molar-refractivity contribution in [2.75, 3.05) is 33.0 Å². The van der Waals surface area contributed by atoms with Gasteiger partial charge in [0.2, 0.25) is 0 Å². The molecule has 1 saturated heterocycles. The summed E-state index contributed by atoms with van der Waals surface area (Å²) < 4.78 is 58.6. The van der Waals surface area contributed by atoms with Gasteiger partial charge in [0, 0.05) is 48.7 Å². The van der Waals surface area contributed by atoms with Crippen LogP contribution in [0.1, 0.15) is 35.0 Å². The van der Waals surface area contributed by atoms with E-state index in [2.05, 4.69) is 20.2 Å². The molecule has 1 amide bonds. The number of aromatic nitrogens is 2. The smallest absolute Gasteiger partial charge is 0.267 e. The average molecular weight is 577 g/mol. The Morgan fingerprint density at radius 3 is 2.55 bits per heavy atom. The lowest BCUT2D eigenvalue weighted by Gasteiger charge is -2.33. The molecule has 0 aliphatic carbocycles. The number of likely N-dealkylation sites (tertiary alicyclic amines) is 1. The number of hydrogen-bond acceptors (Lipinski definition) is 7. The quantitative estimate of drug-likeness (QED) is 0.256. The second-order valence-corrected chi connectivity index (χ2v) is 11.1. The number of aliphatic hydroxyl groups excluding tert-OH is 1. The van der Waals surface area contributed by atoms with E-state index < -0.39 is 27.9 Å². The zero-order chi connectivity index (χ0) is 29.0. The Hall–Kier alpha value is -3.65. The first-order valence-corrected chi connectivity index (χ1v) is 14.3. The Labute approximate surface area is 229 Å². The summed E-state index contributed by atoms with van der Waals surface area (Å²) >= 11 is 0. The molecular formula is C27H30F2N4O6S. The SMILES string of the molecule is COc1ccc2nccc([C@@H](O)CN3CCC(NC(=O)c4cc5c(F)cc(F)cc5[nH]4)CC3)c2c1.CS(=O)(=O)O. The van der Waals surface area contributed by atoms with Crippen LogP contribution >= 0.6 is 0 Å². The van der Waals surface area contributed by atoms with Gasteiger partial charge in [-0.3, -0.25) is 14.3 Å². The molecule has 1 aliphatic rings. The van der Waals surface area contributed by atoms with Gasteiger partial charge in [0.05, 0.1) is 30.5 Å². The third-order valence-electron chi connectivity index (χ3n) is 6.59. The van der Waals surface area contributed by atoms with Crippen LogP contribution in [0.3, 0.4) is 0 Å². The van der Waals surface area contributed by atoms with E-state index in [1.165, 1.54) is 12.1 Å². The highest BCUT2D eigenvalue weighted by Crippen LogP contribution is 2.28. The van der Waals surface area contributed by atoms with Crippen molar-refractivity contribution in [1.82, 2.24) is 20.2 Å². The van der Waals surface area contributed by atoms with E-state index in [0.29, 0.717) is 44.5 Å². The van der Waals surface area contributed by atoms with Gasteiger partial charge in [-0.25, -0.2) is 8.78 Å². The molecular weight excluding hydrogens is 546 g/mol. The van der Waals surface area contributed by atoms with E-state index >= 15 is 0 Å². The predicted molar refractivity (Wildman–Crippen MR) is 146 cm³/mol. The number of amides is 1. The van der Waals surface area contributed by atoms with Crippen LogP contribution in [-0.4, -0.2) is 77.9 Å². The minimum atomic E-state index is -3.67. The Kier molecular flexibility index (Phi) is 8.98. The van der Waals surface area contributed by atoms with Gasteiger partial charge in [-0.05, 0) is 54.8 Å². The molecule has 0 radical (unpaired) electrons. The first kappa shape index (κ1) is 29.3. The van der Waals surface area contributed by atoms with E-state index in [1.807, 2.05) is 24.3 Å². The second kappa shape index (κ2) is 12.3. The summed E-state index contributed by atoms with van der Waals surface area (Å²) in [6.07, 6.45) is 3.14. The minimum Gasteiger partial charge on any atom is -0.497 e. The van der Waals surface area contributed by atoms with Crippen molar-refractivity contribution in [3.8, 4) is 5.75 Å². The van der Waals surface area contributed by atoms with Gasteiger partial charge in [0.25, 0.3) is 16.0 Å². The summed E-state index contributed by atoms with van der Waals surface area (Å²) in [6.45, 7) is 1.88. The molecule has 40 heavy (non-hydrogen) atoms. The summed E-state index contributed by atoms with van der Waals surface area (Å²) in [4.78, 5) is 22.0. The maximum Gasteiger partial charge on any atom is 0.267 e. The summed E-state index contributed by atoms with van der Waals surface area (Å²) in [5, 5.41) is 15.0. The highest BCUT2D eigenvalue weighted by Gasteiger charge is 2.24. The molecule has 0 unspecified atom stereocenters. The summed E-state index contributed by atoms with van der Waals surface area (Å²) in [5.41, 5.74) is 2.04. The van der Waals surface area contributed by atoms with Gasteiger partial charge in [0.1, 0.15) is 23.1 Å². The fourth-order valence-electron chi connectivity index (χ4n) is 4.71. The number of hydrogen-bond donors (Lipinski definition) is 4. The number of aromatic amines is 1. The van der Waals surface area contributed by atoms with Gasteiger partial charge in [0.15, 0.2) is 0 Å². The van der Waals surface area contributed by atoms with Crippen LogP contribution in [-0.2, 0) is 10.1 Å². The Bertz CT molecular complexity index is 1610. The number of carbonyl (C=O) groups excluding carboxylic acids is 1. The molecule has 0 saturated carbocycles. The topological polar surface area (TPSA) is 145 Å². The second-order valence-electron chi connectivity index (χ2n) is 9.61. The molecule has 0 bridgehead atoms. The van der Waals surface area contributed by atoms with E-state index in [1.54, 1.807) is 13.3 Å². The maximum atomic E-state index is 13.9. The number of halogens is 2.